The van der Waals surface area contributed by atoms with Crippen molar-refractivity contribution in [3.05, 3.63) is 67.0 Å². The molecule has 0 radical (unpaired) electrons. The van der Waals surface area contributed by atoms with E-state index in [1.165, 1.54) is 25.3 Å². The summed E-state index contributed by atoms with van der Waals surface area (Å²) in [6.45, 7) is 2.95. The third kappa shape index (κ3) is 6.61. The van der Waals surface area contributed by atoms with Gasteiger partial charge < -0.3 is 14.2 Å². The molecule has 10 nitrogen and oxygen atoms in total. The number of amides is 2. The van der Waals surface area contributed by atoms with E-state index < -0.39 is 28.6 Å². The number of hydrogen-bond donors (Lipinski definition) is 0. The van der Waals surface area contributed by atoms with Crippen LogP contribution in [-0.4, -0.2) is 46.7 Å². The molecule has 1 aliphatic rings. The second kappa shape index (κ2) is 11.4. The zero-order valence-corrected chi connectivity index (χ0v) is 21.4. The molecule has 1 heterocycles. The molecule has 12 heteroatoms. The van der Waals surface area contributed by atoms with Crippen LogP contribution in [0.1, 0.15) is 25.0 Å². The number of halogens is 1. The fourth-order valence-electron chi connectivity index (χ4n) is 3.10. The van der Waals surface area contributed by atoms with Crippen LogP contribution in [0.5, 0.6) is 11.5 Å². The van der Waals surface area contributed by atoms with Gasteiger partial charge >= 0.3 is 5.97 Å². The van der Waals surface area contributed by atoms with Crippen molar-refractivity contribution in [2.24, 2.45) is 0 Å². The predicted molar refractivity (Wildman–Crippen MR) is 132 cm³/mol. The molecule has 3 rings (SSSR count). The minimum absolute atomic E-state index is 0.0427. The molecule has 35 heavy (non-hydrogen) atoms. The van der Waals surface area contributed by atoms with Crippen LogP contribution in [0.3, 0.4) is 0 Å². The summed E-state index contributed by atoms with van der Waals surface area (Å²) in [7, 11) is 1.44. The Labute approximate surface area is 213 Å². The summed E-state index contributed by atoms with van der Waals surface area (Å²) in [4.78, 5) is 48.3. The number of nitro groups is 1. The first-order valence-corrected chi connectivity index (χ1v) is 11.9. The van der Waals surface area contributed by atoms with Gasteiger partial charge in [-0.2, -0.15) is 0 Å². The standard InChI is InChI=1S/C23H21BrN2O8S/c1-13(2)34-20(27)11-25-22(28)19(35-23(25)29)10-15-8-17(24)21(18(9-15)32-3)33-12-14-5-4-6-16(7-14)26(30)31/h4-10,13H,11-12H2,1-3H3/b19-10+. The summed E-state index contributed by atoms with van der Waals surface area (Å²) < 4.78 is 16.8. The van der Waals surface area contributed by atoms with Crippen molar-refractivity contribution in [1.82, 2.24) is 4.90 Å². The number of benzene rings is 2. The van der Waals surface area contributed by atoms with Gasteiger partial charge in [-0.05, 0) is 70.9 Å². The second-order valence-electron chi connectivity index (χ2n) is 7.56. The van der Waals surface area contributed by atoms with Gasteiger partial charge in [0.15, 0.2) is 11.5 Å². The minimum atomic E-state index is -0.668. The van der Waals surface area contributed by atoms with Crippen LogP contribution < -0.4 is 9.47 Å². The highest BCUT2D eigenvalue weighted by atomic mass is 79.9. The lowest BCUT2D eigenvalue weighted by atomic mass is 10.1. The molecule has 1 fully saturated rings. The molecule has 0 saturated carbocycles. The Morgan fingerprint density at radius 3 is 2.66 bits per heavy atom. The first kappa shape index (κ1) is 26.2. The summed E-state index contributed by atoms with van der Waals surface area (Å²) in [5.74, 6) is -0.559. The maximum atomic E-state index is 12.7. The van der Waals surface area contributed by atoms with Gasteiger partial charge in [0.05, 0.1) is 27.5 Å². The van der Waals surface area contributed by atoms with Crippen molar-refractivity contribution in [1.29, 1.82) is 0 Å². The van der Waals surface area contributed by atoms with E-state index in [-0.39, 0.29) is 23.3 Å². The summed E-state index contributed by atoms with van der Waals surface area (Å²) in [5.41, 5.74) is 1.10. The van der Waals surface area contributed by atoms with E-state index in [0.717, 1.165) is 16.7 Å². The third-order valence-corrected chi connectivity index (χ3v) is 6.08. The number of methoxy groups -OCH3 is 1. The van der Waals surface area contributed by atoms with Gasteiger partial charge in [-0.25, -0.2) is 0 Å². The van der Waals surface area contributed by atoms with E-state index in [1.807, 2.05) is 0 Å². The van der Waals surface area contributed by atoms with Gasteiger partial charge in [-0.1, -0.05) is 12.1 Å². The molecule has 0 aromatic heterocycles. The number of esters is 1. The number of carbonyl (C=O) groups is 3. The predicted octanol–water partition coefficient (Wildman–Crippen LogP) is 4.93. The number of ether oxygens (including phenoxy) is 3. The van der Waals surface area contributed by atoms with Crippen molar-refractivity contribution in [3.63, 3.8) is 0 Å². The van der Waals surface area contributed by atoms with Crippen molar-refractivity contribution >= 4 is 56.6 Å². The minimum Gasteiger partial charge on any atom is -0.493 e. The first-order valence-electron chi connectivity index (χ1n) is 10.3. The highest BCUT2D eigenvalue weighted by Crippen LogP contribution is 2.39. The Kier molecular flexibility index (Phi) is 8.52. The molecule has 0 aliphatic carbocycles. The first-order chi connectivity index (χ1) is 16.6. The molecule has 0 unspecified atom stereocenters. The lowest BCUT2D eigenvalue weighted by Crippen LogP contribution is -2.35. The van der Waals surface area contributed by atoms with Gasteiger partial charge in [-0.3, -0.25) is 29.4 Å². The van der Waals surface area contributed by atoms with E-state index in [1.54, 1.807) is 38.1 Å². The molecule has 2 aromatic carbocycles. The lowest BCUT2D eigenvalue weighted by molar-refractivity contribution is -0.384. The van der Waals surface area contributed by atoms with Crippen molar-refractivity contribution < 1.29 is 33.5 Å². The topological polar surface area (TPSA) is 125 Å². The Bertz CT molecular complexity index is 1210. The van der Waals surface area contributed by atoms with Gasteiger partial charge in [0.2, 0.25) is 0 Å². The highest BCUT2D eigenvalue weighted by molar-refractivity contribution is 9.10. The fourth-order valence-corrected chi connectivity index (χ4v) is 4.51. The van der Waals surface area contributed by atoms with Crippen LogP contribution in [-0.2, 0) is 20.9 Å². The Morgan fingerprint density at radius 2 is 2.00 bits per heavy atom. The number of rotatable bonds is 9. The average Bonchev–Trinajstić information content (AvgIpc) is 3.04. The zero-order chi connectivity index (χ0) is 25.7. The third-order valence-electron chi connectivity index (χ3n) is 4.58. The number of carbonyl (C=O) groups excluding carboxylic acids is 3. The summed E-state index contributed by atoms with van der Waals surface area (Å²) in [6, 6.07) is 9.38. The van der Waals surface area contributed by atoms with Gasteiger partial charge in [-0.15, -0.1) is 0 Å². The highest BCUT2D eigenvalue weighted by Gasteiger charge is 2.36. The summed E-state index contributed by atoms with van der Waals surface area (Å²) in [6.07, 6.45) is 1.15. The van der Waals surface area contributed by atoms with E-state index in [4.69, 9.17) is 14.2 Å². The van der Waals surface area contributed by atoms with Crippen LogP contribution in [0.25, 0.3) is 6.08 Å². The molecule has 184 valence electrons. The monoisotopic (exact) mass is 564 g/mol. The molecule has 0 spiro atoms. The van der Waals surface area contributed by atoms with Crippen molar-refractivity contribution in [3.8, 4) is 11.5 Å². The van der Waals surface area contributed by atoms with Gasteiger partial charge in [0.25, 0.3) is 16.8 Å². The molecule has 2 aromatic rings. The number of nitro benzene ring substituents is 1. The molecule has 0 bridgehead atoms. The molecular weight excluding hydrogens is 544 g/mol. The number of hydrogen-bond acceptors (Lipinski definition) is 9. The molecule has 1 saturated heterocycles. The van der Waals surface area contributed by atoms with Crippen LogP contribution in [0.2, 0.25) is 0 Å². The Hall–Kier alpha value is -3.38. The van der Waals surface area contributed by atoms with E-state index in [2.05, 4.69) is 15.9 Å². The van der Waals surface area contributed by atoms with Crippen molar-refractivity contribution in [2.75, 3.05) is 13.7 Å². The second-order valence-corrected chi connectivity index (χ2v) is 9.40. The van der Waals surface area contributed by atoms with Gasteiger partial charge in [0, 0.05) is 12.1 Å². The van der Waals surface area contributed by atoms with E-state index in [0.29, 0.717) is 27.1 Å². The molecule has 0 atom stereocenters. The van der Waals surface area contributed by atoms with E-state index >= 15 is 0 Å². The van der Waals surface area contributed by atoms with Gasteiger partial charge in [0.1, 0.15) is 13.2 Å². The molecular formula is C23H21BrN2O8S. The number of thioether (sulfide) groups is 1. The summed E-state index contributed by atoms with van der Waals surface area (Å²) in [5, 5.41) is 10.4. The number of imide groups is 1. The number of non-ortho nitro benzene ring substituents is 1. The Balaban J connectivity index is 1.78. The van der Waals surface area contributed by atoms with Crippen LogP contribution in [0, 0.1) is 10.1 Å². The maximum Gasteiger partial charge on any atom is 0.326 e. The largest absolute Gasteiger partial charge is 0.493 e. The molecule has 1 aliphatic heterocycles. The lowest BCUT2D eigenvalue weighted by Gasteiger charge is -2.14. The SMILES string of the molecule is COc1cc(/C=C2/SC(=O)N(CC(=O)OC(C)C)C2=O)cc(Br)c1OCc1cccc([N+](=O)[O-])c1. The fraction of sp³-hybridized carbons (Fsp3) is 0.261. The summed E-state index contributed by atoms with van der Waals surface area (Å²) >= 11 is 4.14. The van der Waals surface area contributed by atoms with E-state index in [9.17, 15) is 24.5 Å². The zero-order valence-electron chi connectivity index (χ0n) is 19.0. The maximum absolute atomic E-state index is 12.7. The Morgan fingerprint density at radius 1 is 1.26 bits per heavy atom. The number of nitrogens with zero attached hydrogens (tertiary/aromatic N) is 2. The molecule has 2 amide bonds. The average molecular weight is 565 g/mol. The quantitative estimate of drug-likeness (QED) is 0.180. The normalized spacial score (nSPS) is 14.5. The molecule has 0 N–H and O–H groups in total. The van der Waals surface area contributed by atoms with Crippen molar-refractivity contribution in [2.45, 2.75) is 26.6 Å². The van der Waals surface area contributed by atoms with Crippen LogP contribution >= 0.6 is 27.7 Å². The van der Waals surface area contributed by atoms with Crippen LogP contribution in [0.15, 0.2) is 45.8 Å². The smallest absolute Gasteiger partial charge is 0.326 e. The van der Waals surface area contributed by atoms with Crippen LogP contribution in [0.4, 0.5) is 10.5 Å².